The van der Waals surface area contributed by atoms with Crippen LogP contribution in [0.3, 0.4) is 0 Å². The Hall–Kier alpha value is -2.18. The van der Waals surface area contributed by atoms with Crippen molar-refractivity contribution in [3.8, 4) is 0 Å². The number of para-hydroxylation sites is 1. The smallest absolute Gasteiger partial charge is 0.255 e. The maximum atomic E-state index is 12.7. The minimum absolute atomic E-state index is 0.00665. The summed E-state index contributed by atoms with van der Waals surface area (Å²) in [4.78, 5) is 12.8. The van der Waals surface area contributed by atoms with Crippen LogP contribution in [0.15, 0.2) is 47.4 Å². The Kier molecular flexibility index (Phi) is 5.97. The molecule has 0 saturated heterocycles. The second kappa shape index (κ2) is 8.23. The Balaban J connectivity index is 1.76. The van der Waals surface area contributed by atoms with Gasteiger partial charge in [-0.15, -0.1) is 0 Å². The summed E-state index contributed by atoms with van der Waals surface area (Å²) in [5.74, 6) is -0.253. The Morgan fingerprint density at radius 3 is 2.33 bits per heavy atom. The molecule has 1 aliphatic rings. The highest BCUT2D eigenvalue weighted by atomic mass is 32.2. The Bertz CT molecular complexity index is 932. The molecule has 0 spiro atoms. The molecular weight excluding hydrogens is 360 g/mol. The second-order valence-corrected chi connectivity index (χ2v) is 8.89. The lowest BCUT2D eigenvalue weighted by molar-refractivity contribution is 0.102. The largest absolute Gasteiger partial charge is 0.322 e. The van der Waals surface area contributed by atoms with Gasteiger partial charge in [-0.2, -0.15) is 0 Å². The molecule has 0 bridgehead atoms. The molecule has 0 radical (unpaired) electrons. The number of carbonyl (C=O) groups is 1. The molecule has 1 saturated carbocycles. The zero-order valence-electron chi connectivity index (χ0n) is 15.8. The lowest BCUT2D eigenvalue weighted by atomic mass is 9.96. The van der Waals surface area contributed by atoms with Gasteiger partial charge in [0.05, 0.1) is 4.90 Å². The quantitative estimate of drug-likeness (QED) is 0.810. The minimum atomic E-state index is -3.58. The molecule has 1 aliphatic carbocycles. The highest BCUT2D eigenvalue weighted by Gasteiger charge is 2.23. The summed E-state index contributed by atoms with van der Waals surface area (Å²) in [5, 5.41) is 2.87. The van der Waals surface area contributed by atoms with Gasteiger partial charge >= 0.3 is 0 Å². The molecule has 0 heterocycles. The molecule has 27 heavy (non-hydrogen) atoms. The van der Waals surface area contributed by atoms with E-state index in [1.165, 1.54) is 12.5 Å². The molecule has 1 fully saturated rings. The van der Waals surface area contributed by atoms with Gasteiger partial charge in [-0.25, -0.2) is 13.1 Å². The van der Waals surface area contributed by atoms with Gasteiger partial charge in [0.2, 0.25) is 10.0 Å². The lowest BCUT2D eigenvalue weighted by Gasteiger charge is -2.23. The summed E-state index contributed by atoms with van der Waals surface area (Å²) in [7, 11) is -3.58. The first-order chi connectivity index (χ1) is 12.9. The average molecular weight is 387 g/mol. The topological polar surface area (TPSA) is 75.3 Å². The molecule has 0 atom stereocenters. The van der Waals surface area contributed by atoms with E-state index in [4.69, 9.17) is 0 Å². The van der Waals surface area contributed by atoms with Crippen molar-refractivity contribution < 1.29 is 13.2 Å². The van der Waals surface area contributed by atoms with E-state index in [1.807, 2.05) is 31.2 Å². The summed E-state index contributed by atoms with van der Waals surface area (Å²) in [6, 6.07) is 12.3. The van der Waals surface area contributed by atoms with Crippen molar-refractivity contribution in [1.29, 1.82) is 0 Å². The van der Waals surface area contributed by atoms with Gasteiger partial charge in [-0.3, -0.25) is 4.79 Å². The van der Waals surface area contributed by atoms with Crippen molar-refractivity contribution in [2.45, 2.75) is 56.9 Å². The van der Waals surface area contributed by atoms with Gasteiger partial charge in [-0.05, 0) is 62.1 Å². The summed E-state index contributed by atoms with van der Waals surface area (Å²) in [6.45, 7) is 3.65. The SMILES string of the molecule is Cc1ccccc1NC(=O)c1ccc(S(=O)(=O)NC2CCCCC2)c(C)c1. The van der Waals surface area contributed by atoms with Crippen LogP contribution >= 0.6 is 0 Å². The summed E-state index contributed by atoms with van der Waals surface area (Å²) < 4.78 is 28.3. The van der Waals surface area contributed by atoms with E-state index in [0.717, 1.165) is 36.9 Å². The molecule has 2 aromatic rings. The van der Waals surface area contributed by atoms with E-state index < -0.39 is 10.0 Å². The predicted molar refractivity (Wildman–Crippen MR) is 108 cm³/mol. The molecule has 1 amide bonds. The molecule has 3 rings (SSSR count). The van der Waals surface area contributed by atoms with Crippen LogP contribution in [0.5, 0.6) is 0 Å². The molecular formula is C21H26N2O3S. The van der Waals surface area contributed by atoms with Gasteiger partial charge in [0, 0.05) is 17.3 Å². The van der Waals surface area contributed by atoms with E-state index in [-0.39, 0.29) is 16.8 Å². The van der Waals surface area contributed by atoms with Crippen molar-refractivity contribution >= 4 is 21.6 Å². The fraction of sp³-hybridized carbons (Fsp3) is 0.381. The number of hydrogen-bond donors (Lipinski definition) is 2. The second-order valence-electron chi connectivity index (χ2n) is 7.21. The van der Waals surface area contributed by atoms with Gasteiger partial charge < -0.3 is 5.32 Å². The standard InChI is InChI=1S/C21H26N2O3S/c1-15-8-6-7-11-19(15)22-21(24)17-12-13-20(16(2)14-17)27(25,26)23-18-9-4-3-5-10-18/h6-8,11-14,18,23H,3-5,9-10H2,1-2H3,(H,22,24). The van der Waals surface area contributed by atoms with Crippen LogP contribution in [0.25, 0.3) is 0 Å². The van der Waals surface area contributed by atoms with Crippen molar-refractivity contribution in [1.82, 2.24) is 4.72 Å². The van der Waals surface area contributed by atoms with Crippen molar-refractivity contribution in [3.63, 3.8) is 0 Å². The van der Waals surface area contributed by atoms with Crippen LogP contribution in [-0.2, 0) is 10.0 Å². The molecule has 0 aromatic heterocycles. The number of aryl methyl sites for hydroxylation is 2. The molecule has 0 unspecified atom stereocenters. The van der Waals surface area contributed by atoms with Crippen LogP contribution in [0.2, 0.25) is 0 Å². The number of sulfonamides is 1. The lowest BCUT2D eigenvalue weighted by Crippen LogP contribution is -2.36. The highest BCUT2D eigenvalue weighted by Crippen LogP contribution is 2.23. The third-order valence-corrected chi connectivity index (χ3v) is 6.73. The molecule has 5 nitrogen and oxygen atoms in total. The fourth-order valence-electron chi connectivity index (χ4n) is 3.50. The van der Waals surface area contributed by atoms with E-state index in [1.54, 1.807) is 19.1 Å². The predicted octanol–water partition coefficient (Wildman–Crippen LogP) is 4.17. The first kappa shape index (κ1) is 19.6. The maximum absolute atomic E-state index is 12.7. The van der Waals surface area contributed by atoms with Crippen molar-refractivity contribution in [2.75, 3.05) is 5.32 Å². The van der Waals surface area contributed by atoms with Gasteiger partial charge in [-0.1, -0.05) is 37.5 Å². The Morgan fingerprint density at radius 1 is 0.963 bits per heavy atom. The molecule has 2 aromatic carbocycles. The molecule has 0 aliphatic heterocycles. The maximum Gasteiger partial charge on any atom is 0.255 e. The number of carbonyl (C=O) groups excluding carboxylic acids is 1. The monoisotopic (exact) mass is 386 g/mol. The van der Waals surface area contributed by atoms with Crippen LogP contribution < -0.4 is 10.0 Å². The third-order valence-electron chi connectivity index (χ3n) is 5.05. The van der Waals surface area contributed by atoms with Crippen LogP contribution in [0, 0.1) is 13.8 Å². The average Bonchev–Trinajstić information content (AvgIpc) is 2.63. The van der Waals surface area contributed by atoms with Crippen LogP contribution in [-0.4, -0.2) is 20.4 Å². The Labute approximate surface area is 161 Å². The zero-order valence-corrected chi connectivity index (χ0v) is 16.6. The summed E-state index contributed by atoms with van der Waals surface area (Å²) >= 11 is 0. The first-order valence-electron chi connectivity index (χ1n) is 9.37. The number of anilines is 1. The van der Waals surface area contributed by atoms with Gasteiger partial charge in [0.25, 0.3) is 5.91 Å². The van der Waals surface area contributed by atoms with Crippen LogP contribution in [0.4, 0.5) is 5.69 Å². The first-order valence-corrected chi connectivity index (χ1v) is 10.8. The van der Waals surface area contributed by atoms with Crippen LogP contribution in [0.1, 0.15) is 53.6 Å². The molecule has 144 valence electrons. The van der Waals surface area contributed by atoms with Crippen molar-refractivity contribution in [2.24, 2.45) is 0 Å². The van der Waals surface area contributed by atoms with E-state index >= 15 is 0 Å². The Morgan fingerprint density at radius 2 is 1.67 bits per heavy atom. The third kappa shape index (κ3) is 4.76. The van der Waals surface area contributed by atoms with E-state index in [0.29, 0.717) is 11.1 Å². The highest BCUT2D eigenvalue weighted by molar-refractivity contribution is 7.89. The summed E-state index contributed by atoms with van der Waals surface area (Å²) in [6.07, 6.45) is 5.06. The fourth-order valence-corrected chi connectivity index (χ4v) is 5.03. The normalized spacial score (nSPS) is 15.5. The van der Waals surface area contributed by atoms with Gasteiger partial charge in [0.15, 0.2) is 0 Å². The van der Waals surface area contributed by atoms with E-state index in [9.17, 15) is 13.2 Å². The molecule has 2 N–H and O–H groups in total. The number of benzene rings is 2. The number of rotatable bonds is 5. The molecule has 6 heteroatoms. The number of hydrogen-bond acceptors (Lipinski definition) is 3. The zero-order chi connectivity index (χ0) is 19.4. The van der Waals surface area contributed by atoms with Crippen molar-refractivity contribution in [3.05, 3.63) is 59.2 Å². The summed E-state index contributed by atoms with van der Waals surface area (Å²) in [5.41, 5.74) is 2.72. The number of nitrogens with one attached hydrogen (secondary N) is 2. The number of amides is 1. The van der Waals surface area contributed by atoms with Gasteiger partial charge in [0.1, 0.15) is 0 Å². The van der Waals surface area contributed by atoms with E-state index in [2.05, 4.69) is 10.0 Å². The minimum Gasteiger partial charge on any atom is -0.322 e.